The Morgan fingerprint density at radius 1 is 1.11 bits per heavy atom. The van der Waals surface area contributed by atoms with Gasteiger partial charge in [0.2, 0.25) is 0 Å². The topological polar surface area (TPSA) is 22.1 Å². The highest BCUT2D eigenvalue weighted by molar-refractivity contribution is 6.29. The van der Waals surface area contributed by atoms with Crippen molar-refractivity contribution in [2.45, 2.75) is 33.1 Å². The number of hydrogen-bond donors (Lipinski definition) is 0. The molecule has 0 aliphatic rings. The number of nitrogens with zero attached hydrogens (tertiary/aromatic N) is 1. The predicted molar refractivity (Wildman–Crippen MR) is 79.2 cm³/mol. The molecule has 0 amide bonds. The molecular weight excluding hydrogens is 258 g/mol. The molecular formula is C16H18ClNO. The molecule has 1 aromatic carbocycles. The fraction of sp³-hybridized carbons (Fsp3) is 0.312. The number of rotatable bonds is 2. The molecule has 0 radical (unpaired) electrons. The summed E-state index contributed by atoms with van der Waals surface area (Å²) >= 11 is 5.87. The number of aryl methyl sites for hydroxylation is 1. The number of aromatic nitrogens is 1. The Hall–Kier alpha value is -1.54. The SMILES string of the molecule is Cc1ccc(Oc2ccnc(Cl)c2)c(C(C)(C)C)c1. The van der Waals surface area contributed by atoms with Crippen LogP contribution in [0.1, 0.15) is 31.9 Å². The molecule has 100 valence electrons. The van der Waals surface area contributed by atoms with E-state index in [1.165, 1.54) is 11.1 Å². The number of ether oxygens (including phenoxy) is 1. The zero-order valence-electron chi connectivity index (χ0n) is 11.7. The highest BCUT2D eigenvalue weighted by atomic mass is 35.5. The van der Waals surface area contributed by atoms with E-state index in [1.54, 1.807) is 18.3 Å². The van der Waals surface area contributed by atoms with Gasteiger partial charge < -0.3 is 4.74 Å². The van der Waals surface area contributed by atoms with Crippen molar-refractivity contribution in [3.05, 3.63) is 52.8 Å². The van der Waals surface area contributed by atoms with Crippen LogP contribution in [0, 0.1) is 6.92 Å². The average molecular weight is 276 g/mol. The van der Waals surface area contributed by atoms with Crippen LogP contribution >= 0.6 is 11.6 Å². The lowest BCUT2D eigenvalue weighted by Gasteiger charge is -2.23. The maximum Gasteiger partial charge on any atom is 0.132 e. The standard InChI is InChI=1S/C16H18ClNO/c1-11-5-6-14(13(9-11)16(2,3)4)19-12-7-8-18-15(17)10-12/h5-10H,1-4H3. The van der Waals surface area contributed by atoms with Crippen LogP contribution in [-0.4, -0.2) is 4.98 Å². The molecule has 0 bridgehead atoms. The summed E-state index contributed by atoms with van der Waals surface area (Å²) in [5.41, 5.74) is 2.43. The van der Waals surface area contributed by atoms with E-state index in [2.05, 4.69) is 38.7 Å². The largest absolute Gasteiger partial charge is 0.457 e. The summed E-state index contributed by atoms with van der Waals surface area (Å²) < 4.78 is 5.95. The molecule has 0 N–H and O–H groups in total. The van der Waals surface area contributed by atoms with Crippen molar-refractivity contribution in [3.63, 3.8) is 0 Å². The van der Waals surface area contributed by atoms with Gasteiger partial charge in [0, 0.05) is 17.8 Å². The van der Waals surface area contributed by atoms with Gasteiger partial charge in [0.25, 0.3) is 0 Å². The van der Waals surface area contributed by atoms with Gasteiger partial charge in [-0.3, -0.25) is 0 Å². The zero-order valence-corrected chi connectivity index (χ0v) is 12.5. The van der Waals surface area contributed by atoms with Gasteiger partial charge in [-0.05, 0) is 24.5 Å². The Labute approximate surface area is 119 Å². The van der Waals surface area contributed by atoms with Crippen molar-refractivity contribution >= 4 is 11.6 Å². The molecule has 2 nitrogen and oxygen atoms in total. The molecule has 0 saturated carbocycles. The Morgan fingerprint density at radius 2 is 1.84 bits per heavy atom. The van der Waals surface area contributed by atoms with Crippen LogP contribution < -0.4 is 4.74 Å². The van der Waals surface area contributed by atoms with Crippen molar-refractivity contribution in [2.75, 3.05) is 0 Å². The maximum atomic E-state index is 5.95. The maximum absolute atomic E-state index is 5.95. The van der Waals surface area contributed by atoms with E-state index in [0.717, 1.165) is 5.75 Å². The third kappa shape index (κ3) is 3.48. The van der Waals surface area contributed by atoms with Crippen LogP contribution in [0.4, 0.5) is 0 Å². The van der Waals surface area contributed by atoms with Gasteiger partial charge in [-0.2, -0.15) is 0 Å². The van der Waals surface area contributed by atoms with Crippen LogP contribution in [0.5, 0.6) is 11.5 Å². The van der Waals surface area contributed by atoms with Gasteiger partial charge in [-0.15, -0.1) is 0 Å². The lowest BCUT2D eigenvalue weighted by molar-refractivity contribution is 0.454. The van der Waals surface area contributed by atoms with Crippen molar-refractivity contribution in [2.24, 2.45) is 0 Å². The normalized spacial score (nSPS) is 11.4. The highest BCUT2D eigenvalue weighted by Gasteiger charge is 2.19. The lowest BCUT2D eigenvalue weighted by atomic mass is 9.85. The summed E-state index contributed by atoms with van der Waals surface area (Å²) in [5.74, 6) is 1.56. The van der Waals surface area contributed by atoms with Crippen molar-refractivity contribution < 1.29 is 4.74 Å². The molecule has 1 heterocycles. The molecule has 3 heteroatoms. The summed E-state index contributed by atoms with van der Waals surface area (Å²) in [7, 11) is 0. The summed E-state index contributed by atoms with van der Waals surface area (Å²) in [6, 6.07) is 9.74. The highest BCUT2D eigenvalue weighted by Crippen LogP contribution is 2.35. The quantitative estimate of drug-likeness (QED) is 0.709. The van der Waals surface area contributed by atoms with Crippen molar-refractivity contribution in [3.8, 4) is 11.5 Å². The summed E-state index contributed by atoms with van der Waals surface area (Å²) in [6.45, 7) is 8.61. The Morgan fingerprint density at radius 3 is 2.47 bits per heavy atom. The minimum atomic E-state index is 0.0260. The number of halogens is 1. The third-order valence-corrected chi connectivity index (χ3v) is 3.08. The van der Waals surface area contributed by atoms with Crippen molar-refractivity contribution in [1.82, 2.24) is 4.98 Å². The fourth-order valence-corrected chi connectivity index (χ4v) is 2.06. The van der Waals surface area contributed by atoms with E-state index in [1.807, 2.05) is 12.1 Å². The lowest BCUT2D eigenvalue weighted by Crippen LogP contribution is -2.12. The van der Waals surface area contributed by atoms with Gasteiger partial charge in [0.1, 0.15) is 16.7 Å². The minimum absolute atomic E-state index is 0.0260. The third-order valence-electron chi connectivity index (χ3n) is 2.87. The first-order valence-corrected chi connectivity index (χ1v) is 6.64. The first-order valence-electron chi connectivity index (χ1n) is 6.27. The second-order valence-electron chi connectivity index (χ2n) is 5.67. The zero-order chi connectivity index (χ0) is 14.0. The second kappa shape index (κ2) is 5.22. The molecule has 2 aromatic rings. The first kappa shape index (κ1) is 13.9. The smallest absolute Gasteiger partial charge is 0.132 e. The van der Waals surface area contributed by atoms with E-state index >= 15 is 0 Å². The molecule has 2 rings (SSSR count). The summed E-state index contributed by atoms with van der Waals surface area (Å²) in [6.07, 6.45) is 1.64. The fourth-order valence-electron chi connectivity index (χ4n) is 1.89. The Kier molecular flexibility index (Phi) is 3.81. The molecule has 0 saturated heterocycles. The monoisotopic (exact) mass is 275 g/mol. The van der Waals surface area contributed by atoms with Crippen molar-refractivity contribution in [1.29, 1.82) is 0 Å². The molecule has 19 heavy (non-hydrogen) atoms. The van der Waals surface area contributed by atoms with Gasteiger partial charge in [0.05, 0.1) is 0 Å². The summed E-state index contributed by atoms with van der Waals surface area (Å²) in [5, 5.41) is 0.432. The first-order chi connectivity index (χ1) is 8.86. The molecule has 0 unspecified atom stereocenters. The van der Waals surface area contributed by atoms with Gasteiger partial charge in [-0.1, -0.05) is 50.1 Å². The van der Waals surface area contributed by atoms with Gasteiger partial charge in [0.15, 0.2) is 0 Å². The molecule has 0 aliphatic carbocycles. The van der Waals surface area contributed by atoms with Gasteiger partial charge in [-0.25, -0.2) is 4.98 Å². The molecule has 1 aromatic heterocycles. The molecule has 0 spiro atoms. The van der Waals surface area contributed by atoms with E-state index in [-0.39, 0.29) is 5.41 Å². The number of benzene rings is 1. The second-order valence-corrected chi connectivity index (χ2v) is 6.05. The number of pyridine rings is 1. The number of hydrogen-bond acceptors (Lipinski definition) is 2. The molecule has 0 atom stereocenters. The van der Waals surface area contributed by atoms with Crippen LogP contribution in [-0.2, 0) is 5.41 Å². The van der Waals surface area contributed by atoms with Crippen LogP contribution in [0.25, 0.3) is 0 Å². The Bertz CT molecular complexity index is 588. The molecule has 0 fully saturated rings. The summed E-state index contributed by atoms with van der Waals surface area (Å²) in [4.78, 5) is 3.95. The van der Waals surface area contributed by atoms with E-state index < -0.39 is 0 Å². The minimum Gasteiger partial charge on any atom is -0.457 e. The molecule has 0 aliphatic heterocycles. The Balaban J connectivity index is 2.40. The van der Waals surface area contributed by atoms with E-state index in [4.69, 9.17) is 16.3 Å². The van der Waals surface area contributed by atoms with E-state index in [0.29, 0.717) is 10.9 Å². The van der Waals surface area contributed by atoms with Crippen LogP contribution in [0.15, 0.2) is 36.5 Å². The van der Waals surface area contributed by atoms with Crippen LogP contribution in [0.2, 0.25) is 5.15 Å². The van der Waals surface area contributed by atoms with Crippen LogP contribution in [0.3, 0.4) is 0 Å². The van der Waals surface area contributed by atoms with Gasteiger partial charge >= 0.3 is 0 Å². The average Bonchev–Trinajstić information content (AvgIpc) is 2.30. The predicted octanol–water partition coefficient (Wildman–Crippen LogP) is 5.13. The van der Waals surface area contributed by atoms with E-state index in [9.17, 15) is 0 Å².